The highest BCUT2D eigenvalue weighted by atomic mass is 35.5. The second-order valence-electron chi connectivity index (χ2n) is 16.6. The van der Waals surface area contributed by atoms with Gasteiger partial charge in [-0.1, -0.05) is 45.9 Å². The second kappa shape index (κ2) is 20.5. The van der Waals surface area contributed by atoms with Crippen molar-refractivity contribution in [2.24, 2.45) is 29.6 Å². The van der Waals surface area contributed by atoms with Gasteiger partial charge in [-0.15, -0.1) is 11.6 Å². The van der Waals surface area contributed by atoms with Crippen molar-refractivity contribution < 1.29 is 53.1 Å². The number of fused-ring (bicyclic) bond motifs is 3. The maximum atomic E-state index is 14.3. The molecule has 12 nitrogen and oxygen atoms in total. The number of methoxy groups -OCH3 is 3. The van der Waals surface area contributed by atoms with Crippen LogP contribution in [0.5, 0.6) is 0 Å². The smallest absolute Gasteiger partial charge is 0.329 e. The molecule has 1 amide bonds. The quantitative estimate of drug-likeness (QED) is 0.155. The predicted molar refractivity (Wildman–Crippen MR) is 207 cm³/mol. The Hall–Kier alpha value is -2.19. The Morgan fingerprint density at radius 2 is 1.65 bits per heavy atom. The Balaban J connectivity index is 1.74. The number of alkyl halides is 1. The molecule has 3 aliphatic heterocycles. The molecule has 14 atom stereocenters. The summed E-state index contributed by atoms with van der Waals surface area (Å²) in [6.07, 6.45) is 7.04. The number of aliphatic hydroxyl groups excluding tert-OH is 1. The van der Waals surface area contributed by atoms with Crippen LogP contribution in [0.2, 0.25) is 0 Å². The second-order valence-corrected chi connectivity index (χ2v) is 17.1. The van der Waals surface area contributed by atoms with Crippen LogP contribution in [0.1, 0.15) is 105 Å². The molecule has 0 radical (unpaired) electrons. The standard InChI is InChI=1S/C42H66ClNO11/c1-9-29-14-12-13-24(2)19-35(52-7)38-36(53-8)21-26(4)42(50,55-38)39(47)40(48)44-18-11-10-15-31(44)41(49)54-37(27(5)32(45)23-33(29)46)25(3)20-28-16-17-30(43)34(22-28)51-6/h12,14,20,24,26-32,34-38,45,50H,9-11,13,15-19,21-23H2,1-8H3/b14-12+,25-20+/t24-,26+,27+,28-,29+,30-,31-,32-,34+,35-,36-,37+,38+,42+/m0/s1. The molecular weight excluding hydrogens is 730 g/mol. The molecule has 3 fully saturated rings. The minimum atomic E-state index is -2.49. The largest absolute Gasteiger partial charge is 0.456 e. The fourth-order valence-corrected chi connectivity index (χ4v) is 9.25. The highest BCUT2D eigenvalue weighted by Gasteiger charge is 2.56. The molecule has 3 heterocycles. The highest BCUT2D eigenvalue weighted by Crippen LogP contribution is 2.39. The van der Waals surface area contributed by atoms with Gasteiger partial charge in [0.1, 0.15) is 24.0 Å². The molecule has 1 saturated carbocycles. The van der Waals surface area contributed by atoms with Crippen molar-refractivity contribution in [2.45, 2.75) is 159 Å². The van der Waals surface area contributed by atoms with Gasteiger partial charge < -0.3 is 38.8 Å². The summed E-state index contributed by atoms with van der Waals surface area (Å²) in [6.45, 7) is 9.32. The van der Waals surface area contributed by atoms with E-state index in [9.17, 15) is 29.4 Å². The first-order valence-corrected chi connectivity index (χ1v) is 20.8. The number of esters is 1. The lowest BCUT2D eigenvalue weighted by atomic mass is 9.82. The van der Waals surface area contributed by atoms with Crippen LogP contribution in [0.3, 0.4) is 0 Å². The zero-order chi connectivity index (χ0) is 40.6. The molecule has 0 aromatic heterocycles. The van der Waals surface area contributed by atoms with Gasteiger partial charge in [-0.05, 0) is 88.5 Å². The first kappa shape index (κ1) is 45.5. The molecule has 2 bridgehead atoms. The summed E-state index contributed by atoms with van der Waals surface area (Å²) >= 11 is 6.52. The van der Waals surface area contributed by atoms with Crippen molar-refractivity contribution >= 4 is 35.0 Å². The Morgan fingerprint density at radius 3 is 2.31 bits per heavy atom. The number of ether oxygens (including phenoxy) is 5. The molecule has 0 aromatic carbocycles. The molecule has 0 spiro atoms. The number of nitrogens with zero attached hydrogens (tertiary/aromatic N) is 1. The van der Waals surface area contributed by atoms with Crippen molar-refractivity contribution in [2.75, 3.05) is 27.9 Å². The van der Waals surface area contributed by atoms with E-state index in [-0.39, 0.29) is 54.9 Å². The summed E-state index contributed by atoms with van der Waals surface area (Å²) in [5.74, 6) is -7.30. The van der Waals surface area contributed by atoms with Gasteiger partial charge in [-0.25, -0.2) is 4.79 Å². The number of ketones is 2. The number of aliphatic hydroxyl groups is 2. The van der Waals surface area contributed by atoms with Crippen molar-refractivity contribution in [1.82, 2.24) is 4.90 Å². The maximum absolute atomic E-state index is 14.3. The number of piperidine rings is 1. The van der Waals surface area contributed by atoms with E-state index in [1.165, 1.54) is 19.1 Å². The molecule has 2 N–H and O–H groups in total. The molecule has 13 heteroatoms. The monoisotopic (exact) mass is 795 g/mol. The minimum Gasteiger partial charge on any atom is -0.456 e. The molecule has 4 aliphatic rings. The zero-order valence-electron chi connectivity index (χ0n) is 34.1. The number of hydrogen-bond donors (Lipinski definition) is 2. The van der Waals surface area contributed by atoms with E-state index in [4.69, 9.17) is 35.3 Å². The van der Waals surface area contributed by atoms with Gasteiger partial charge in [0.15, 0.2) is 0 Å². The van der Waals surface area contributed by atoms with Crippen LogP contribution in [-0.4, -0.2) is 120 Å². The number of Topliss-reactive ketones (excluding diaryl/α,β-unsaturated/α-hetero) is 2. The topological polar surface area (TPSA) is 158 Å². The van der Waals surface area contributed by atoms with Gasteiger partial charge in [0.2, 0.25) is 5.79 Å². The van der Waals surface area contributed by atoms with Crippen molar-refractivity contribution in [3.05, 3.63) is 23.8 Å². The van der Waals surface area contributed by atoms with E-state index in [0.29, 0.717) is 44.1 Å². The van der Waals surface area contributed by atoms with Crippen molar-refractivity contribution in [3.8, 4) is 0 Å². The number of rotatable bonds is 6. The third-order valence-corrected chi connectivity index (χ3v) is 13.1. The fraction of sp³-hybridized carbons (Fsp3) is 0.810. The van der Waals surface area contributed by atoms with Crippen LogP contribution in [0, 0.1) is 29.6 Å². The van der Waals surface area contributed by atoms with Gasteiger partial charge in [0.05, 0.1) is 29.8 Å². The molecular formula is C42H66ClNO11. The van der Waals surface area contributed by atoms with E-state index in [2.05, 4.69) is 0 Å². The SMILES string of the molecule is CC[C@@H]1/C=C/C[C@H](C)C[C@H](OC)[C@H]2O[C@@](O)(C(=O)C(=O)N3CCCC[C@H]3C(=O)O[C@H](/C(C)=C/[C@@H]3CC[C@H](Cl)[C@H](OC)C3)[C@H](C)[C@@H](O)CC1=O)[C@H](C)C[C@@H]2OC. The first-order valence-electron chi connectivity index (χ1n) is 20.3. The minimum absolute atomic E-state index is 0.0471. The van der Waals surface area contributed by atoms with E-state index >= 15 is 0 Å². The number of amides is 1. The molecule has 2 saturated heterocycles. The summed E-state index contributed by atoms with van der Waals surface area (Å²) < 4.78 is 29.8. The molecule has 0 aromatic rings. The van der Waals surface area contributed by atoms with E-state index < -0.39 is 77.8 Å². The van der Waals surface area contributed by atoms with Gasteiger partial charge in [0, 0.05) is 52.0 Å². The van der Waals surface area contributed by atoms with Crippen LogP contribution in [-0.2, 0) is 42.9 Å². The summed E-state index contributed by atoms with van der Waals surface area (Å²) in [5, 5.41) is 23.5. The Labute approximate surface area is 332 Å². The number of hydrogen-bond acceptors (Lipinski definition) is 11. The number of halogens is 1. The lowest BCUT2D eigenvalue weighted by molar-refractivity contribution is -0.302. The average molecular weight is 796 g/mol. The zero-order valence-corrected chi connectivity index (χ0v) is 34.9. The normalized spacial score (nSPS) is 41.5. The van der Waals surface area contributed by atoms with E-state index in [1.54, 1.807) is 21.0 Å². The maximum Gasteiger partial charge on any atom is 0.329 e. The first-order chi connectivity index (χ1) is 26.1. The number of cyclic esters (lactones) is 1. The number of carbonyl (C=O) groups excluding carboxylic acids is 4. The Bertz CT molecular complexity index is 1390. The van der Waals surface area contributed by atoms with Crippen molar-refractivity contribution in [3.63, 3.8) is 0 Å². The summed E-state index contributed by atoms with van der Waals surface area (Å²) in [7, 11) is 4.70. The van der Waals surface area contributed by atoms with Crippen LogP contribution in [0.4, 0.5) is 0 Å². The fourth-order valence-electron chi connectivity index (χ4n) is 8.92. The third kappa shape index (κ3) is 10.9. The third-order valence-electron chi connectivity index (χ3n) is 12.6. The lowest BCUT2D eigenvalue weighted by Gasteiger charge is -2.47. The Kier molecular flexibility index (Phi) is 16.9. The van der Waals surface area contributed by atoms with E-state index in [1.807, 2.05) is 39.0 Å². The van der Waals surface area contributed by atoms with E-state index in [0.717, 1.165) is 12.8 Å². The van der Waals surface area contributed by atoms with Crippen LogP contribution >= 0.6 is 11.6 Å². The van der Waals surface area contributed by atoms with Gasteiger partial charge >= 0.3 is 5.97 Å². The van der Waals surface area contributed by atoms with Crippen LogP contribution in [0.15, 0.2) is 23.8 Å². The van der Waals surface area contributed by atoms with Gasteiger partial charge in [-0.2, -0.15) is 0 Å². The highest BCUT2D eigenvalue weighted by molar-refractivity contribution is 6.39. The Morgan fingerprint density at radius 1 is 0.982 bits per heavy atom. The lowest BCUT2D eigenvalue weighted by Crippen LogP contribution is -2.64. The van der Waals surface area contributed by atoms with Gasteiger partial charge in [0.25, 0.3) is 11.7 Å². The number of allylic oxidation sites excluding steroid dienone is 3. The molecule has 1 aliphatic carbocycles. The molecule has 312 valence electrons. The average Bonchev–Trinajstić information content (AvgIpc) is 3.17. The summed E-state index contributed by atoms with van der Waals surface area (Å²) in [4.78, 5) is 57.4. The van der Waals surface area contributed by atoms with Gasteiger partial charge in [-0.3, -0.25) is 14.4 Å². The van der Waals surface area contributed by atoms with Crippen LogP contribution in [0.25, 0.3) is 0 Å². The number of carbonyl (C=O) groups is 4. The molecule has 0 unspecified atom stereocenters. The van der Waals surface area contributed by atoms with Crippen molar-refractivity contribution in [1.29, 1.82) is 0 Å². The summed E-state index contributed by atoms with van der Waals surface area (Å²) in [6, 6.07) is -1.11. The molecule has 4 rings (SSSR count). The summed E-state index contributed by atoms with van der Waals surface area (Å²) in [5.41, 5.74) is 0.703. The van der Waals surface area contributed by atoms with Crippen LogP contribution < -0.4 is 0 Å². The molecule has 55 heavy (non-hydrogen) atoms. The predicted octanol–water partition coefficient (Wildman–Crippen LogP) is 5.33.